The normalized spacial score (nSPS) is 16.1. The van der Waals surface area contributed by atoms with E-state index in [1.807, 2.05) is 30.3 Å². The van der Waals surface area contributed by atoms with E-state index in [0.717, 1.165) is 17.7 Å². The highest BCUT2D eigenvalue weighted by Gasteiger charge is 2.29. The Morgan fingerprint density at radius 2 is 1.94 bits per heavy atom. The molecule has 31 heavy (non-hydrogen) atoms. The Morgan fingerprint density at radius 1 is 1.10 bits per heavy atom. The highest BCUT2D eigenvalue weighted by Crippen LogP contribution is 2.25. The second-order valence-electron chi connectivity index (χ2n) is 7.20. The molecule has 1 aliphatic heterocycles. The first kappa shape index (κ1) is 19.0. The van der Waals surface area contributed by atoms with Crippen molar-refractivity contribution in [2.45, 2.75) is 12.5 Å². The molecule has 2 aromatic carbocycles. The van der Waals surface area contributed by atoms with E-state index in [4.69, 9.17) is 4.52 Å². The Bertz CT molecular complexity index is 1240. The highest BCUT2D eigenvalue weighted by atomic mass is 19.2. The first-order valence-electron chi connectivity index (χ1n) is 9.64. The van der Waals surface area contributed by atoms with Gasteiger partial charge in [-0.15, -0.1) is 5.10 Å². The van der Waals surface area contributed by atoms with Gasteiger partial charge in [-0.1, -0.05) is 40.7 Å². The third-order valence-electron chi connectivity index (χ3n) is 5.18. The van der Waals surface area contributed by atoms with E-state index in [1.165, 1.54) is 6.07 Å². The van der Waals surface area contributed by atoms with Crippen molar-refractivity contribution in [1.82, 2.24) is 30.0 Å². The van der Waals surface area contributed by atoms with E-state index in [1.54, 1.807) is 15.8 Å². The lowest BCUT2D eigenvalue weighted by atomic mass is 10.2. The molecule has 1 amide bonds. The van der Waals surface area contributed by atoms with Crippen LogP contribution in [0.2, 0.25) is 0 Å². The summed E-state index contributed by atoms with van der Waals surface area (Å²) in [6.07, 6.45) is 2.34. The van der Waals surface area contributed by atoms with E-state index in [2.05, 4.69) is 20.5 Å². The summed E-state index contributed by atoms with van der Waals surface area (Å²) in [5, 5.41) is 12.2. The van der Waals surface area contributed by atoms with Crippen molar-refractivity contribution in [3.05, 3.63) is 71.9 Å². The van der Waals surface area contributed by atoms with Crippen LogP contribution in [0.25, 0.3) is 23.0 Å². The average molecular weight is 422 g/mol. The van der Waals surface area contributed by atoms with E-state index in [0.29, 0.717) is 31.0 Å². The Hall–Kier alpha value is -3.95. The van der Waals surface area contributed by atoms with Crippen LogP contribution in [0.5, 0.6) is 0 Å². The Balaban J connectivity index is 1.29. The number of carbonyl (C=O) groups is 1. The minimum atomic E-state index is -1.04. The van der Waals surface area contributed by atoms with Gasteiger partial charge < -0.3 is 9.42 Å². The van der Waals surface area contributed by atoms with Crippen LogP contribution in [0.4, 0.5) is 8.78 Å². The summed E-state index contributed by atoms with van der Waals surface area (Å²) in [6.45, 7) is 0.843. The average Bonchev–Trinajstić information content (AvgIpc) is 3.55. The summed E-state index contributed by atoms with van der Waals surface area (Å²) in [7, 11) is 0. The predicted molar refractivity (Wildman–Crippen MR) is 105 cm³/mol. The number of halogens is 2. The topological polar surface area (TPSA) is 89.9 Å². The van der Waals surface area contributed by atoms with Gasteiger partial charge in [0.1, 0.15) is 0 Å². The molecular formula is C21H16F2N6O2. The maximum Gasteiger partial charge on any atom is 0.280 e. The van der Waals surface area contributed by atoms with Crippen LogP contribution >= 0.6 is 0 Å². The van der Waals surface area contributed by atoms with Crippen molar-refractivity contribution in [3.8, 4) is 23.0 Å². The van der Waals surface area contributed by atoms with Crippen LogP contribution in [0.3, 0.4) is 0 Å². The number of aromatic nitrogens is 5. The maximum atomic E-state index is 13.5. The summed E-state index contributed by atoms with van der Waals surface area (Å²) < 4.78 is 33.5. The molecule has 1 fully saturated rings. The Morgan fingerprint density at radius 3 is 2.74 bits per heavy atom. The van der Waals surface area contributed by atoms with E-state index >= 15 is 0 Å². The number of amides is 1. The van der Waals surface area contributed by atoms with Crippen LogP contribution in [0, 0.1) is 11.6 Å². The number of carbonyl (C=O) groups excluding carboxylic acids is 1. The molecule has 156 valence electrons. The smallest absolute Gasteiger partial charge is 0.280 e. The van der Waals surface area contributed by atoms with Crippen LogP contribution in [0.1, 0.15) is 22.8 Å². The minimum absolute atomic E-state index is 0.105. The fraction of sp³-hybridized carbons (Fsp3) is 0.190. The molecule has 10 heteroatoms. The third-order valence-corrected chi connectivity index (χ3v) is 5.18. The second-order valence-corrected chi connectivity index (χ2v) is 7.20. The van der Waals surface area contributed by atoms with Gasteiger partial charge in [0.25, 0.3) is 11.8 Å². The molecule has 0 N–H and O–H groups in total. The zero-order valence-electron chi connectivity index (χ0n) is 16.2. The van der Waals surface area contributed by atoms with Crippen molar-refractivity contribution in [3.63, 3.8) is 0 Å². The van der Waals surface area contributed by atoms with E-state index in [9.17, 15) is 13.6 Å². The van der Waals surface area contributed by atoms with Crippen molar-refractivity contribution >= 4 is 5.91 Å². The van der Waals surface area contributed by atoms with Crippen LogP contribution in [-0.2, 0) is 0 Å². The van der Waals surface area contributed by atoms with Gasteiger partial charge >= 0.3 is 0 Å². The molecule has 0 bridgehead atoms. The number of benzene rings is 2. The lowest BCUT2D eigenvalue weighted by Gasteiger charge is -2.16. The van der Waals surface area contributed by atoms with Crippen molar-refractivity contribution in [1.29, 1.82) is 0 Å². The molecule has 0 aliphatic carbocycles. The standard InChI is InChI=1S/C21H16F2N6O2/c22-16-7-6-14(10-17(16)23)21(30)28-9-8-15(11-28)29-12-18(25-27-29)20-24-19(26-31-20)13-4-2-1-3-5-13/h1-7,10,12,15H,8-9,11H2/t15-/m0/s1. The summed E-state index contributed by atoms with van der Waals surface area (Å²) >= 11 is 0. The fourth-order valence-corrected chi connectivity index (χ4v) is 3.54. The molecular weight excluding hydrogens is 406 g/mol. The van der Waals surface area contributed by atoms with Gasteiger partial charge in [-0.3, -0.25) is 4.79 Å². The van der Waals surface area contributed by atoms with Crippen molar-refractivity contribution < 1.29 is 18.1 Å². The molecule has 0 radical (unpaired) electrons. The summed E-state index contributed by atoms with van der Waals surface area (Å²) in [6, 6.07) is 12.5. The summed E-state index contributed by atoms with van der Waals surface area (Å²) in [5.41, 5.74) is 1.37. The van der Waals surface area contributed by atoms with Crippen molar-refractivity contribution in [2.24, 2.45) is 0 Å². The largest absolute Gasteiger partial charge is 0.336 e. The minimum Gasteiger partial charge on any atom is -0.336 e. The fourth-order valence-electron chi connectivity index (χ4n) is 3.54. The Kier molecular flexibility index (Phi) is 4.73. The monoisotopic (exact) mass is 422 g/mol. The molecule has 1 atom stereocenters. The van der Waals surface area contributed by atoms with Gasteiger partial charge in [0.05, 0.1) is 12.2 Å². The first-order valence-corrected chi connectivity index (χ1v) is 9.64. The number of hydrogen-bond donors (Lipinski definition) is 0. The zero-order chi connectivity index (χ0) is 21.4. The number of nitrogens with zero attached hydrogens (tertiary/aromatic N) is 6. The molecule has 1 saturated heterocycles. The lowest BCUT2D eigenvalue weighted by Crippen LogP contribution is -2.29. The molecule has 2 aromatic heterocycles. The molecule has 8 nitrogen and oxygen atoms in total. The molecule has 0 saturated carbocycles. The van der Waals surface area contributed by atoms with Crippen LogP contribution in [-0.4, -0.2) is 49.0 Å². The second kappa shape index (κ2) is 7.71. The van der Waals surface area contributed by atoms with Gasteiger partial charge in [0.15, 0.2) is 17.3 Å². The first-order chi connectivity index (χ1) is 15.1. The van der Waals surface area contributed by atoms with Gasteiger partial charge in [-0.2, -0.15) is 4.98 Å². The van der Waals surface area contributed by atoms with E-state index < -0.39 is 11.6 Å². The predicted octanol–water partition coefficient (Wildman–Crippen LogP) is 3.36. The summed E-state index contributed by atoms with van der Waals surface area (Å²) in [4.78, 5) is 18.6. The molecule has 1 aliphatic rings. The number of likely N-dealkylation sites (tertiary alicyclic amines) is 1. The SMILES string of the molecule is O=C(c1ccc(F)c(F)c1)N1CC[C@H](n2cc(-c3nc(-c4ccccc4)no3)nn2)C1. The highest BCUT2D eigenvalue weighted by molar-refractivity contribution is 5.94. The van der Waals surface area contributed by atoms with Gasteiger partial charge in [0.2, 0.25) is 5.82 Å². The lowest BCUT2D eigenvalue weighted by molar-refractivity contribution is 0.0786. The summed E-state index contributed by atoms with van der Waals surface area (Å²) in [5.74, 6) is -1.68. The molecule has 0 spiro atoms. The maximum absolute atomic E-state index is 13.5. The molecule has 4 aromatic rings. The molecule has 3 heterocycles. The van der Waals surface area contributed by atoms with Crippen molar-refractivity contribution in [2.75, 3.05) is 13.1 Å². The molecule has 0 unspecified atom stereocenters. The van der Waals surface area contributed by atoms with Crippen LogP contribution < -0.4 is 0 Å². The number of rotatable bonds is 4. The van der Waals surface area contributed by atoms with Gasteiger partial charge in [0, 0.05) is 24.2 Å². The van der Waals surface area contributed by atoms with E-state index in [-0.39, 0.29) is 23.4 Å². The zero-order valence-corrected chi connectivity index (χ0v) is 16.2. The van der Waals surface area contributed by atoms with Gasteiger partial charge in [-0.25, -0.2) is 13.5 Å². The van der Waals surface area contributed by atoms with Gasteiger partial charge in [-0.05, 0) is 24.6 Å². The number of hydrogen-bond acceptors (Lipinski definition) is 6. The third kappa shape index (κ3) is 3.67. The Labute approximate surface area is 175 Å². The quantitative estimate of drug-likeness (QED) is 0.501. The van der Waals surface area contributed by atoms with Crippen LogP contribution in [0.15, 0.2) is 59.3 Å². The molecule has 5 rings (SSSR count).